The monoisotopic (exact) mass is 293 g/mol. The van der Waals surface area contributed by atoms with E-state index in [1.54, 1.807) is 5.20 Å². The van der Waals surface area contributed by atoms with Crippen molar-refractivity contribution in [3.8, 4) is 0 Å². The first-order valence-corrected chi connectivity index (χ1v) is 9.54. The van der Waals surface area contributed by atoms with Crippen LogP contribution in [0.5, 0.6) is 0 Å². The number of hydrogen-bond donors (Lipinski definition) is 0. The van der Waals surface area contributed by atoms with Gasteiger partial charge in [0.2, 0.25) is 0 Å². The highest BCUT2D eigenvalue weighted by Crippen LogP contribution is 2.12. The molecule has 0 nitrogen and oxygen atoms in total. The molecule has 0 saturated heterocycles. The maximum Gasteiger partial charge on any atom is 0.150 e. The van der Waals surface area contributed by atoms with Crippen molar-refractivity contribution in [2.45, 2.75) is 39.5 Å². The van der Waals surface area contributed by atoms with Crippen molar-refractivity contribution in [3.63, 3.8) is 0 Å². The van der Waals surface area contributed by atoms with Crippen LogP contribution in [-0.4, -0.2) is 8.80 Å². The minimum absolute atomic E-state index is 0.812. The SMILES string of the molecule is CCCC=C(CCC)[Si](c1ccccc1)c1ccccc1. The highest BCUT2D eigenvalue weighted by Gasteiger charge is 2.20. The van der Waals surface area contributed by atoms with Crippen LogP contribution in [0.1, 0.15) is 39.5 Å². The van der Waals surface area contributed by atoms with Crippen molar-refractivity contribution in [3.05, 3.63) is 71.9 Å². The first-order chi connectivity index (χ1) is 10.4. The molecule has 0 fully saturated rings. The van der Waals surface area contributed by atoms with Crippen LogP contribution in [0, 0.1) is 0 Å². The normalized spacial score (nSPS) is 11.9. The number of benzene rings is 2. The average Bonchev–Trinajstić information content (AvgIpc) is 2.55. The van der Waals surface area contributed by atoms with Crippen LogP contribution < -0.4 is 10.4 Å². The zero-order valence-electron chi connectivity index (χ0n) is 13.2. The number of rotatable bonds is 7. The standard InChI is InChI=1S/C20H25Si/c1-3-5-13-18(12-4-2)21(19-14-8-6-9-15-19)20-16-10-7-11-17-20/h6-11,13-17H,3-5,12H2,1-2H3. The summed E-state index contributed by atoms with van der Waals surface area (Å²) < 4.78 is 0. The largest absolute Gasteiger partial charge is 0.150 e. The Morgan fingerprint density at radius 2 is 1.33 bits per heavy atom. The fourth-order valence-corrected chi connectivity index (χ4v) is 5.64. The van der Waals surface area contributed by atoms with Gasteiger partial charge in [0.15, 0.2) is 0 Å². The molecule has 0 aliphatic rings. The molecule has 1 radical (unpaired) electrons. The van der Waals surface area contributed by atoms with E-state index in [1.807, 2.05) is 0 Å². The van der Waals surface area contributed by atoms with Gasteiger partial charge in [0, 0.05) is 0 Å². The Morgan fingerprint density at radius 3 is 1.76 bits per heavy atom. The summed E-state index contributed by atoms with van der Waals surface area (Å²) in [5, 5.41) is 4.68. The molecule has 0 saturated carbocycles. The van der Waals surface area contributed by atoms with Gasteiger partial charge in [0.25, 0.3) is 0 Å². The number of allylic oxidation sites excluding steroid dienone is 2. The highest BCUT2D eigenvalue weighted by atomic mass is 28.3. The molecule has 0 bridgehead atoms. The summed E-state index contributed by atoms with van der Waals surface area (Å²) >= 11 is 0. The molecule has 0 heterocycles. The van der Waals surface area contributed by atoms with Gasteiger partial charge < -0.3 is 0 Å². The molecule has 21 heavy (non-hydrogen) atoms. The lowest BCUT2D eigenvalue weighted by Crippen LogP contribution is -2.44. The second-order valence-electron chi connectivity index (χ2n) is 5.38. The second-order valence-corrected chi connectivity index (χ2v) is 7.92. The molecule has 2 aromatic carbocycles. The third-order valence-electron chi connectivity index (χ3n) is 3.64. The predicted molar refractivity (Wildman–Crippen MR) is 95.8 cm³/mol. The predicted octanol–water partition coefficient (Wildman–Crippen LogP) is 4.36. The smallest absolute Gasteiger partial charge is 0.0887 e. The molecule has 0 aliphatic heterocycles. The van der Waals surface area contributed by atoms with Crippen LogP contribution >= 0.6 is 0 Å². The molecule has 0 aliphatic carbocycles. The van der Waals surface area contributed by atoms with Crippen molar-refractivity contribution >= 4 is 19.2 Å². The Balaban J connectivity index is 2.44. The third kappa shape index (κ3) is 4.43. The van der Waals surface area contributed by atoms with Gasteiger partial charge in [-0.2, -0.15) is 0 Å². The summed E-state index contributed by atoms with van der Waals surface area (Å²) in [4.78, 5) is 0. The number of hydrogen-bond acceptors (Lipinski definition) is 0. The maximum absolute atomic E-state index is 2.51. The molecule has 0 aromatic heterocycles. The van der Waals surface area contributed by atoms with Crippen molar-refractivity contribution in [1.29, 1.82) is 0 Å². The van der Waals surface area contributed by atoms with Crippen LogP contribution in [0.2, 0.25) is 0 Å². The van der Waals surface area contributed by atoms with Crippen molar-refractivity contribution in [1.82, 2.24) is 0 Å². The van der Waals surface area contributed by atoms with E-state index in [-0.39, 0.29) is 0 Å². The van der Waals surface area contributed by atoms with Crippen LogP contribution in [0.15, 0.2) is 71.9 Å². The molecule has 0 unspecified atom stereocenters. The van der Waals surface area contributed by atoms with Gasteiger partial charge in [-0.25, -0.2) is 0 Å². The van der Waals surface area contributed by atoms with Crippen LogP contribution in [0.3, 0.4) is 0 Å². The first-order valence-electron chi connectivity index (χ1n) is 8.04. The Labute approximate surface area is 131 Å². The van der Waals surface area contributed by atoms with E-state index in [9.17, 15) is 0 Å². The van der Waals surface area contributed by atoms with Gasteiger partial charge in [-0.3, -0.25) is 0 Å². The van der Waals surface area contributed by atoms with Gasteiger partial charge in [0.1, 0.15) is 8.80 Å². The first kappa shape index (κ1) is 15.8. The van der Waals surface area contributed by atoms with Crippen LogP contribution in [0.4, 0.5) is 0 Å². The van der Waals surface area contributed by atoms with E-state index in [0.29, 0.717) is 0 Å². The molecular formula is C20H25Si. The van der Waals surface area contributed by atoms with Gasteiger partial charge in [-0.05, 0) is 12.8 Å². The molecule has 2 rings (SSSR count). The number of unbranched alkanes of at least 4 members (excludes halogenated alkanes) is 1. The minimum Gasteiger partial charge on any atom is -0.0887 e. The molecule has 109 valence electrons. The molecule has 0 amide bonds. The minimum atomic E-state index is -0.812. The maximum atomic E-state index is 2.51. The molecule has 0 N–H and O–H groups in total. The van der Waals surface area contributed by atoms with Crippen LogP contribution in [-0.2, 0) is 0 Å². The summed E-state index contributed by atoms with van der Waals surface area (Å²) in [6.07, 6.45) is 7.38. The quantitative estimate of drug-likeness (QED) is 0.665. The van der Waals surface area contributed by atoms with Gasteiger partial charge in [-0.15, -0.1) is 0 Å². The highest BCUT2D eigenvalue weighted by molar-refractivity contribution is 6.90. The van der Waals surface area contributed by atoms with Crippen molar-refractivity contribution in [2.24, 2.45) is 0 Å². The summed E-state index contributed by atoms with van der Waals surface area (Å²) in [6.45, 7) is 4.55. The fraction of sp³-hybridized carbons (Fsp3) is 0.300. The summed E-state index contributed by atoms with van der Waals surface area (Å²) in [6, 6.07) is 22.1. The zero-order valence-corrected chi connectivity index (χ0v) is 14.2. The van der Waals surface area contributed by atoms with Gasteiger partial charge in [0.05, 0.1) is 0 Å². The summed E-state index contributed by atoms with van der Waals surface area (Å²) in [7, 11) is -0.812. The molecule has 2 aromatic rings. The van der Waals surface area contributed by atoms with E-state index in [0.717, 1.165) is 0 Å². The van der Waals surface area contributed by atoms with Crippen molar-refractivity contribution < 1.29 is 0 Å². The lowest BCUT2D eigenvalue weighted by molar-refractivity contribution is 0.907. The second kappa shape index (κ2) is 8.63. The van der Waals surface area contributed by atoms with Crippen molar-refractivity contribution in [2.75, 3.05) is 0 Å². The van der Waals surface area contributed by atoms with Gasteiger partial charge >= 0.3 is 0 Å². The summed E-state index contributed by atoms with van der Waals surface area (Å²) in [5.41, 5.74) is 0. The zero-order chi connectivity index (χ0) is 14.9. The Kier molecular flexibility index (Phi) is 6.49. The molecular weight excluding hydrogens is 268 g/mol. The van der Waals surface area contributed by atoms with E-state index in [1.165, 1.54) is 36.1 Å². The lowest BCUT2D eigenvalue weighted by atomic mass is 10.2. The summed E-state index contributed by atoms with van der Waals surface area (Å²) in [5.74, 6) is 0. The lowest BCUT2D eigenvalue weighted by Gasteiger charge is -2.20. The van der Waals surface area contributed by atoms with E-state index in [2.05, 4.69) is 80.6 Å². The molecule has 1 heteroatoms. The average molecular weight is 294 g/mol. The molecule has 0 spiro atoms. The van der Waals surface area contributed by atoms with E-state index >= 15 is 0 Å². The third-order valence-corrected chi connectivity index (χ3v) is 6.56. The topological polar surface area (TPSA) is 0 Å². The van der Waals surface area contributed by atoms with Crippen LogP contribution in [0.25, 0.3) is 0 Å². The Hall–Kier alpha value is -1.60. The van der Waals surface area contributed by atoms with E-state index in [4.69, 9.17) is 0 Å². The Bertz CT molecular complexity index is 503. The fourth-order valence-electron chi connectivity index (χ4n) is 2.66. The van der Waals surface area contributed by atoms with E-state index < -0.39 is 8.80 Å². The molecule has 0 atom stereocenters. The van der Waals surface area contributed by atoms with Gasteiger partial charge in [-0.1, -0.05) is 109 Å². The Morgan fingerprint density at radius 1 is 0.810 bits per heavy atom.